The highest BCUT2D eigenvalue weighted by Crippen LogP contribution is 2.05. The Bertz CT molecular complexity index is 282. The highest BCUT2D eigenvalue weighted by molar-refractivity contribution is 6.04. The maximum Gasteiger partial charge on any atom is 0.267 e. The highest BCUT2D eigenvalue weighted by atomic mass is 16.5. The van der Waals surface area contributed by atoms with Gasteiger partial charge in [0.25, 0.3) is 5.91 Å². The van der Waals surface area contributed by atoms with E-state index in [4.69, 9.17) is 10.6 Å². The fraction of sp³-hybridized carbons (Fsp3) is 0. The number of amides is 1. The second-order valence-electron chi connectivity index (χ2n) is 2.24. The number of nitrogens with one attached hydrogen (secondary N) is 2. The molecule has 12 heavy (non-hydrogen) atoms. The van der Waals surface area contributed by atoms with Crippen molar-refractivity contribution in [1.29, 1.82) is 5.41 Å². The Morgan fingerprint density at radius 2 is 2.00 bits per heavy atom. The van der Waals surface area contributed by atoms with Crippen LogP contribution in [0.3, 0.4) is 0 Å². The summed E-state index contributed by atoms with van der Waals surface area (Å²) in [6, 6.07) is 0. The van der Waals surface area contributed by atoms with Crippen LogP contribution >= 0.6 is 0 Å². The molecule has 0 atom stereocenters. The van der Waals surface area contributed by atoms with E-state index in [-0.39, 0.29) is 0 Å². The third kappa shape index (κ3) is 2.17. The summed E-state index contributed by atoms with van der Waals surface area (Å²) in [5.41, 5.74) is 2.52. The van der Waals surface area contributed by atoms with Crippen LogP contribution < -0.4 is 5.48 Å². The summed E-state index contributed by atoms with van der Waals surface area (Å²) in [5.74, 6) is -0.576. The molecule has 4 heteroatoms. The van der Waals surface area contributed by atoms with E-state index in [1.165, 1.54) is 11.6 Å². The summed E-state index contributed by atoms with van der Waals surface area (Å²) in [4.78, 5) is 10.6. The monoisotopic (exact) mass is 164 g/mol. The van der Waals surface area contributed by atoms with Crippen molar-refractivity contribution in [3.63, 3.8) is 0 Å². The Morgan fingerprint density at radius 3 is 2.50 bits per heavy atom. The maximum atomic E-state index is 10.6. The van der Waals surface area contributed by atoms with Gasteiger partial charge in [-0.3, -0.25) is 10.0 Å². The molecule has 0 fully saturated rings. The zero-order valence-corrected chi connectivity index (χ0v) is 6.24. The molecule has 0 saturated carbocycles. The third-order valence-corrected chi connectivity index (χ3v) is 1.32. The van der Waals surface area contributed by atoms with Gasteiger partial charge in [-0.25, -0.2) is 5.48 Å². The first-order chi connectivity index (χ1) is 5.72. The number of carbonyl (C=O) groups excluding carboxylic acids is 1. The van der Waals surface area contributed by atoms with Crippen LogP contribution in [0.5, 0.6) is 0 Å². The van der Waals surface area contributed by atoms with Crippen LogP contribution in [0.4, 0.5) is 0 Å². The molecular weight excluding hydrogens is 156 g/mol. The zero-order chi connectivity index (χ0) is 8.97. The maximum absolute atomic E-state index is 10.6. The fourth-order valence-corrected chi connectivity index (χ4v) is 0.763. The molecule has 0 radical (unpaired) electrons. The van der Waals surface area contributed by atoms with E-state index >= 15 is 0 Å². The summed E-state index contributed by atoms with van der Waals surface area (Å²) < 4.78 is 0. The smallest absolute Gasteiger partial charge is 0.267 e. The molecule has 0 saturated heterocycles. The Kier molecular flexibility index (Phi) is 2.55. The quantitative estimate of drug-likeness (QED) is 0.301. The molecule has 0 aliphatic heterocycles. The first-order valence-electron chi connectivity index (χ1n) is 3.33. The summed E-state index contributed by atoms with van der Waals surface area (Å²) in [5, 5.41) is 15.3. The lowest BCUT2D eigenvalue weighted by Gasteiger charge is -1.99. The molecule has 0 aromatic heterocycles. The van der Waals surface area contributed by atoms with Crippen LogP contribution in [0.1, 0.15) is 0 Å². The molecule has 1 aliphatic carbocycles. The van der Waals surface area contributed by atoms with E-state index in [2.05, 4.69) is 0 Å². The number of hydrogen-bond donors (Lipinski definition) is 3. The predicted molar refractivity (Wildman–Crippen MR) is 44.0 cm³/mol. The average Bonchev–Trinajstić information content (AvgIpc) is 2.09. The Hall–Kier alpha value is -1.68. The molecule has 4 nitrogen and oxygen atoms in total. The summed E-state index contributed by atoms with van der Waals surface area (Å²) in [7, 11) is 0. The number of hydrogen-bond acceptors (Lipinski definition) is 3. The van der Waals surface area contributed by atoms with Gasteiger partial charge < -0.3 is 5.41 Å². The predicted octanol–water partition coefficient (Wildman–Crippen LogP) is 0.564. The van der Waals surface area contributed by atoms with E-state index in [9.17, 15) is 4.79 Å². The number of rotatable bonds is 1. The Balaban J connectivity index is 2.73. The minimum absolute atomic E-state index is 0.386. The summed E-state index contributed by atoms with van der Waals surface area (Å²) in [6.07, 6.45) is 7.61. The van der Waals surface area contributed by atoms with Crippen LogP contribution in [0.15, 0.2) is 36.0 Å². The van der Waals surface area contributed by atoms with Crippen molar-refractivity contribution in [3.05, 3.63) is 36.0 Å². The zero-order valence-electron chi connectivity index (χ0n) is 6.24. The molecule has 62 valence electrons. The van der Waals surface area contributed by atoms with Crippen molar-refractivity contribution in [2.24, 2.45) is 0 Å². The van der Waals surface area contributed by atoms with Crippen molar-refractivity contribution in [1.82, 2.24) is 5.48 Å². The van der Waals surface area contributed by atoms with Gasteiger partial charge in [0.15, 0.2) is 0 Å². The topological polar surface area (TPSA) is 73.2 Å². The van der Waals surface area contributed by atoms with Crippen molar-refractivity contribution in [2.45, 2.75) is 0 Å². The molecule has 1 aliphatic rings. The summed E-state index contributed by atoms with van der Waals surface area (Å²) >= 11 is 0. The van der Waals surface area contributed by atoms with Gasteiger partial charge in [0, 0.05) is 6.08 Å². The number of hydroxylamine groups is 1. The summed E-state index contributed by atoms with van der Waals surface area (Å²) in [6.45, 7) is 0. The lowest BCUT2D eigenvalue weighted by Crippen LogP contribution is -2.15. The highest BCUT2D eigenvalue weighted by Gasteiger charge is 1.98. The second-order valence-corrected chi connectivity index (χ2v) is 2.24. The molecule has 0 unspecified atom stereocenters. The van der Waals surface area contributed by atoms with Crippen LogP contribution in [0.25, 0.3) is 0 Å². The van der Waals surface area contributed by atoms with E-state index in [1.807, 2.05) is 0 Å². The number of carbonyl (C=O) groups is 1. The van der Waals surface area contributed by atoms with Gasteiger partial charge in [-0.05, 0) is 17.7 Å². The molecule has 1 rings (SSSR count). The van der Waals surface area contributed by atoms with E-state index in [0.29, 0.717) is 11.3 Å². The van der Waals surface area contributed by atoms with Crippen molar-refractivity contribution in [2.75, 3.05) is 0 Å². The average molecular weight is 164 g/mol. The van der Waals surface area contributed by atoms with Gasteiger partial charge in [0.05, 0.1) is 5.71 Å². The SMILES string of the molecule is N=C1C=CC(=CC(=O)NO)C=C1. The van der Waals surface area contributed by atoms with Crippen molar-refractivity contribution < 1.29 is 10.0 Å². The van der Waals surface area contributed by atoms with Crippen LogP contribution in [-0.2, 0) is 4.79 Å². The van der Waals surface area contributed by atoms with Gasteiger partial charge in [0.1, 0.15) is 0 Å². The molecular formula is C8H8N2O2. The van der Waals surface area contributed by atoms with Crippen LogP contribution in [0, 0.1) is 5.41 Å². The molecule has 3 N–H and O–H groups in total. The largest absolute Gasteiger partial charge is 0.301 e. The van der Waals surface area contributed by atoms with E-state index in [0.717, 1.165) is 0 Å². The lowest BCUT2D eigenvalue weighted by atomic mass is 10.1. The lowest BCUT2D eigenvalue weighted by molar-refractivity contribution is -0.124. The second kappa shape index (κ2) is 3.64. The van der Waals surface area contributed by atoms with Gasteiger partial charge in [-0.1, -0.05) is 12.2 Å². The molecule has 0 heterocycles. The van der Waals surface area contributed by atoms with E-state index in [1.54, 1.807) is 24.3 Å². The van der Waals surface area contributed by atoms with Crippen molar-refractivity contribution in [3.8, 4) is 0 Å². The van der Waals surface area contributed by atoms with Gasteiger partial charge >= 0.3 is 0 Å². The standard InChI is InChI=1S/C8H8N2O2/c9-7-3-1-6(2-4-7)5-8(11)10-12/h1-5,9,12H,(H,10,11). The third-order valence-electron chi connectivity index (χ3n) is 1.32. The fourth-order valence-electron chi connectivity index (χ4n) is 0.763. The first-order valence-corrected chi connectivity index (χ1v) is 3.33. The molecule has 0 spiro atoms. The van der Waals surface area contributed by atoms with Gasteiger partial charge in [-0.2, -0.15) is 0 Å². The minimum atomic E-state index is -0.576. The van der Waals surface area contributed by atoms with Gasteiger partial charge in [-0.15, -0.1) is 0 Å². The first kappa shape index (κ1) is 8.42. The minimum Gasteiger partial charge on any atom is -0.301 e. The van der Waals surface area contributed by atoms with E-state index < -0.39 is 5.91 Å². The molecule has 1 amide bonds. The number of allylic oxidation sites excluding steroid dienone is 5. The van der Waals surface area contributed by atoms with Crippen LogP contribution in [0.2, 0.25) is 0 Å². The molecule has 0 aromatic rings. The molecule has 0 aromatic carbocycles. The Morgan fingerprint density at radius 1 is 1.42 bits per heavy atom. The Labute approximate surface area is 69.4 Å². The van der Waals surface area contributed by atoms with Crippen molar-refractivity contribution >= 4 is 11.6 Å². The van der Waals surface area contributed by atoms with Crippen LogP contribution in [-0.4, -0.2) is 16.8 Å². The molecule has 0 bridgehead atoms. The normalized spacial score (nSPS) is 14.8. The van der Waals surface area contributed by atoms with Gasteiger partial charge in [0.2, 0.25) is 0 Å².